The summed E-state index contributed by atoms with van der Waals surface area (Å²) in [6.07, 6.45) is 2.64. The summed E-state index contributed by atoms with van der Waals surface area (Å²) in [5.41, 5.74) is 5.46. The summed E-state index contributed by atoms with van der Waals surface area (Å²) >= 11 is 0. The van der Waals surface area contributed by atoms with E-state index >= 15 is 0 Å². The van der Waals surface area contributed by atoms with E-state index in [1.807, 2.05) is 0 Å². The first-order chi connectivity index (χ1) is 4.18. The van der Waals surface area contributed by atoms with Gasteiger partial charge in [0.05, 0.1) is 0 Å². The number of unbranched alkanes of at least 4 members (excludes halogenated alkanes) is 1. The van der Waals surface area contributed by atoms with Crippen molar-refractivity contribution >= 4 is 6.03 Å². The van der Waals surface area contributed by atoms with E-state index in [0.717, 1.165) is 0 Å². The van der Waals surface area contributed by atoms with Gasteiger partial charge in [-0.25, -0.2) is 10.3 Å². The molecular weight excluding hydrogens is 120 g/mol. The fraction of sp³-hybridized carbons (Fsp3) is 0.800. The number of hydrogen-bond donors (Lipinski definition) is 3. The summed E-state index contributed by atoms with van der Waals surface area (Å²) in [7, 11) is 0. The third kappa shape index (κ3) is 39.8. The number of amides is 2. The van der Waals surface area contributed by atoms with Gasteiger partial charge in [0.2, 0.25) is 0 Å². The second kappa shape index (κ2) is 10.3. The molecule has 0 spiro atoms. The third-order valence-electron chi connectivity index (χ3n) is 0.610. The number of urea groups is 1. The minimum absolute atomic E-state index is 0.940. The predicted octanol–water partition coefficient (Wildman–Crippen LogP) is 0.850. The topological polar surface area (TPSA) is 75.4 Å². The summed E-state index contributed by atoms with van der Waals surface area (Å²) in [6, 6.07) is -0.940. The molecule has 0 radical (unpaired) electrons. The summed E-state index contributed by atoms with van der Waals surface area (Å²) in [5, 5.41) is 7.42. The Labute approximate surface area is 55.0 Å². The monoisotopic (exact) mass is 134 g/mol. The first-order valence-electron chi connectivity index (χ1n) is 2.88. The Hall–Kier alpha value is -0.770. The lowest BCUT2D eigenvalue weighted by Crippen LogP contribution is -2.25. The summed E-state index contributed by atoms with van der Waals surface area (Å²) in [5.74, 6) is 0. The van der Waals surface area contributed by atoms with Crippen LogP contribution >= 0.6 is 0 Å². The van der Waals surface area contributed by atoms with Crippen LogP contribution < -0.4 is 11.2 Å². The maximum Gasteiger partial charge on any atom is 0.335 e. The van der Waals surface area contributed by atoms with Crippen molar-refractivity contribution in [1.82, 2.24) is 5.48 Å². The third-order valence-corrected chi connectivity index (χ3v) is 0.610. The zero-order valence-corrected chi connectivity index (χ0v) is 5.85. The van der Waals surface area contributed by atoms with E-state index in [9.17, 15) is 4.79 Å². The molecule has 4 heteroatoms. The Balaban J connectivity index is 0. The van der Waals surface area contributed by atoms with Crippen molar-refractivity contribution in [2.75, 3.05) is 0 Å². The van der Waals surface area contributed by atoms with Gasteiger partial charge in [-0.3, -0.25) is 5.21 Å². The first-order valence-corrected chi connectivity index (χ1v) is 2.88. The van der Waals surface area contributed by atoms with Crippen LogP contribution in [0, 0.1) is 0 Å². The van der Waals surface area contributed by atoms with Gasteiger partial charge in [-0.1, -0.05) is 26.7 Å². The van der Waals surface area contributed by atoms with Gasteiger partial charge >= 0.3 is 6.03 Å². The number of nitrogens with one attached hydrogen (secondary N) is 1. The summed E-state index contributed by atoms with van der Waals surface area (Å²) < 4.78 is 0. The van der Waals surface area contributed by atoms with Crippen molar-refractivity contribution in [3.63, 3.8) is 0 Å². The molecule has 0 aromatic rings. The molecule has 0 saturated carbocycles. The minimum atomic E-state index is -0.940. The fourth-order valence-corrected chi connectivity index (χ4v) is 0. The molecule has 0 aliphatic heterocycles. The quantitative estimate of drug-likeness (QED) is 0.367. The molecule has 0 aromatic heterocycles. The van der Waals surface area contributed by atoms with Crippen molar-refractivity contribution in [2.24, 2.45) is 5.73 Å². The highest BCUT2D eigenvalue weighted by Gasteiger charge is 1.75. The molecule has 4 nitrogen and oxygen atoms in total. The molecule has 0 aromatic carbocycles. The maximum atomic E-state index is 9.23. The largest absolute Gasteiger partial charge is 0.350 e. The summed E-state index contributed by atoms with van der Waals surface area (Å²) in [6.45, 7) is 4.36. The molecular formula is C5H14N2O2. The lowest BCUT2D eigenvalue weighted by atomic mass is 10.4. The lowest BCUT2D eigenvalue weighted by molar-refractivity contribution is 0.169. The number of hydrogen-bond acceptors (Lipinski definition) is 2. The van der Waals surface area contributed by atoms with Crippen LogP contribution in [0.5, 0.6) is 0 Å². The van der Waals surface area contributed by atoms with Gasteiger partial charge in [0.25, 0.3) is 0 Å². The van der Waals surface area contributed by atoms with Gasteiger partial charge in [-0.15, -0.1) is 0 Å². The van der Waals surface area contributed by atoms with Crippen LogP contribution in [0.25, 0.3) is 0 Å². The van der Waals surface area contributed by atoms with Crippen LogP contribution in [0.4, 0.5) is 4.79 Å². The molecule has 9 heavy (non-hydrogen) atoms. The Kier molecular flexibility index (Phi) is 12.6. The second-order valence-electron chi connectivity index (χ2n) is 1.48. The number of rotatable bonds is 1. The van der Waals surface area contributed by atoms with Crippen molar-refractivity contribution in [2.45, 2.75) is 26.7 Å². The number of primary amides is 1. The number of carbonyl (C=O) groups is 1. The molecule has 0 rings (SSSR count). The van der Waals surface area contributed by atoms with E-state index < -0.39 is 6.03 Å². The molecule has 2 amide bonds. The van der Waals surface area contributed by atoms with Gasteiger partial charge in [0.15, 0.2) is 0 Å². The second-order valence-corrected chi connectivity index (χ2v) is 1.48. The van der Waals surface area contributed by atoms with E-state index in [0.29, 0.717) is 0 Å². The highest BCUT2D eigenvalue weighted by molar-refractivity contribution is 5.69. The van der Waals surface area contributed by atoms with Gasteiger partial charge in [0.1, 0.15) is 0 Å². The van der Waals surface area contributed by atoms with E-state index in [1.165, 1.54) is 18.3 Å². The van der Waals surface area contributed by atoms with Crippen LogP contribution in [0.3, 0.4) is 0 Å². The van der Waals surface area contributed by atoms with Crippen LogP contribution in [-0.2, 0) is 0 Å². The van der Waals surface area contributed by atoms with Crippen molar-refractivity contribution in [1.29, 1.82) is 0 Å². The lowest BCUT2D eigenvalue weighted by Gasteiger charge is -1.79. The van der Waals surface area contributed by atoms with Crippen LogP contribution in [0.1, 0.15) is 26.7 Å². The van der Waals surface area contributed by atoms with Gasteiger partial charge < -0.3 is 5.73 Å². The Morgan fingerprint density at radius 3 is 1.78 bits per heavy atom. The SMILES string of the molecule is CCCC.NC(=O)NO. The first kappa shape index (κ1) is 11.1. The van der Waals surface area contributed by atoms with Gasteiger partial charge in [0, 0.05) is 0 Å². The van der Waals surface area contributed by atoms with E-state index in [2.05, 4.69) is 19.6 Å². The van der Waals surface area contributed by atoms with Crippen molar-refractivity contribution < 1.29 is 10.0 Å². The average Bonchev–Trinajstić information content (AvgIpc) is 1.89. The summed E-state index contributed by atoms with van der Waals surface area (Å²) in [4.78, 5) is 9.23. The minimum Gasteiger partial charge on any atom is -0.350 e. The van der Waals surface area contributed by atoms with Crippen LogP contribution in [0.2, 0.25) is 0 Å². The van der Waals surface area contributed by atoms with Gasteiger partial charge in [-0.2, -0.15) is 0 Å². The molecule has 0 unspecified atom stereocenters. The zero-order valence-electron chi connectivity index (χ0n) is 5.85. The zero-order chi connectivity index (χ0) is 7.70. The molecule has 0 aliphatic rings. The number of carbonyl (C=O) groups excluding carboxylic acids is 1. The molecule has 4 N–H and O–H groups in total. The van der Waals surface area contributed by atoms with E-state index in [1.54, 1.807) is 0 Å². The van der Waals surface area contributed by atoms with Gasteiger partial charge in [-0.05, 0) is 0 Å². The standard InChI is InChI=1S/C4H10.CH4N2O2/c1-3-4-2;2-1(4)3-5/h3-4H2,1-2H3;5H,(H3,2,3,4). The van der Waals surface area contributed by atoms with E-state index in [4.69, 9.17) is 5.21 Å². The maximum absolute atomic E-state index is 9.23. The number of hydroxylamine groups is 1. The smallest absolute Gasteiger partial charge is 0.335 e. The Bertz CT molecular complexity index is 64.0. The molecule has 0 fully saturated rings. The predicted molar refractivity (Wildman–Crippen MR) is 35.1 cm³/mol. The highest BCUT2D eigenvalue weighted by Crippen LogP contribution is 1.76. The van der Waals surface area contributed by atoms with E-state index in [-0.39, 0.29) is 0 Å². The van der Waals surface area contributed by atoms with Crippen LogP contribution in [0.15, 0.2) is 0 Å². The fourth-order valence-electron chi connectivity index (χ4n) is 0. The molecule has 56 valence electrons. The van der Waals surface area contributed by atoms with Crippen molar-refractivity contribution in [3.8, 4) is 0 Å². The Morgan fingerprint density at radius 2 is 1.78 bits per heavy atom. The highest BCUT2D eigenvalue weighted by atomic mass is 16.5. The molecule has 0 saturated heterocycles. The number of nitrogens with two attached hydrogens (primary N) is 1. The van der Waals surface area contributed by atoms with Crippen molar-refractivity contribution in [3.05, 3.63) is 0 Å². The molecule has 0 bridgehead atoms. The normalized spacial score (nSPS) is 7.00. The van der Waals surface area contributed by atoms with Crippen LogP contribution in [-0.4, -0.2) is 11.2 Å². The average molecular weight is 134 g/mol. The Morgan fingerprint density at radius 1 is 1.56 bits per heavy atom. The molecule has 0 atom stereocenters. The molecule has 0 heterocycles. The molecule has 0 aliphatic carbocycles.